The highest BCUT2D eigenvalue weighted by Crippen LogP contribution is 2.41. The van der Waals surface area contributed by atoms with Crippen LogP contribution in [0.1, 0.15) is 53.4 Å². The minimum Gasteiger partial charge on any atom is -0.402 e. The van der Waals surface area contributed by atoms with Crippen molar-refractivity contribution in [3.8, 4) is 0 Å². The fourth-order valence-corrected chi connectivity index (χ4v) is 2.40. The molecule has 0 aromatic rings. The van der Waals surface area contributed by atoms with Crippen LogP contribution >= 0.6 is 0 Å². The van der Waals surface area contributed by atoms with E-state index in [4.69, 9.17) is 5.73 Å². The van der Waals surface area contributed by atoms with Gasteiger partial charge in [-0.2, -0.15) is 0 Å². The molecule has 0 aromatic carbocycles. The van der Waals surface area contributed by atoms with Crippen LogP contribution in [0, 0.1) is 17.3 Å². The van der Waals surface area contributed by atoms with Crippen LogP contribution in [0.4, 0.5) is 0 Å². The fraction of sp³-hybridized carbons (Fsp3) is 0.846. The average molecular weight is 195 g/mol. The van der Waals surface area contributed by atoms with Gasteiger partial charge in [0.15, 0.2) is 0 Å². The maximum Gasteiger partial charge on any atom is 0.00455 e. The number of nitrogens with two attached hydrogens (primary N) is 1. The number of hydrogen-bond acceptors (Lipinski definition) is 1. The number of allylic oxidation sites excluding steroid dienone is 2. The van der Waals surface area contributed by atoms with Crippen molar-refractivity contribution >= 4 is 0 Å². The topological polar surface area (TPSA) is 26.0 Å². The number of hydrogen-bond donors (Lipinski definition) is 1. The van der Waals surface area contributed by atoms with Gasteiger partial charge in [-0.25, -0.2) is 0 Å². The zero-order valence-electron chi connectivity index (χ0n) is 10.1. The second-order valence-corrected chi connectivity index (χ2v) is 5.85. The molecule has 14 heavy (non-hydrogen) atoms. The van der Waals surface area contributed by atoms with Gasteiger partial charge < -0.3 is 5.73 Å². The minimum absolute atomic E-state index is 0.410. The van der Waals surface area contributed by atoms with Gasteiger partial charge >= 0.3 is 0 Å². The summed E-state index contributed by atoms with van der Waals surface area (Å²) in [5, 5.41) is 0. The molecule has 1 nitrogen and oxygen atoms in total. The van der Waals surface area contributed by atoms with Crippen LogP contribution in [0.3, 0.4) is 0 Å². The molecule has 1 aliphatic carbocycles. The first-order valence-corrected chi connectivity index (χ1v) is 5.86. The first-order valence-electron chi connectivity index (χ1n) is 5.86. The van der Waals surface area contributed by atoms with Crippen LogP contribution in [0.25, 0.3) is 0 Å². The van der Waals surface area contributed by atoms with Crippen LogP contribution in [-0.2, 0) is 0 Å². The first-order chi connectivity index (χ1) is 6.42. The molecule has 82 valence electrons. The van der Waals surface area contributed by atoms with Crippen molar-refractivity contribution in [3.05, 3.63) is 11.8 Å². The Morgan fingerprint density at radius 1 is 1.50 bits per heavy atom. The Hall–Kier alpha value is -0.460. The molecular weight excluding hydrogens is 170 g/mol. The largest absolute Gasteiger partial charge is 0.402 e. The van der Waals surface area contributed by atoms with E-state index >= 15 is 0 Å². The Balaban J connectivity index is 2.52. The van der Waals surface area contributed by atoms with E-state index in [0.717, 1.165) is 24.0 Å². The summed E-state index contributed by atoms with van der Waals surface area (Å²) >= 11 is 0. The molecule has 0 aromatic heterocycles. The van der Waals surface area contributed by atoms with E-state index in [1.807, 2.05) is 0 Å². The fourth-order valence-electron chi connectivity index (χ4n) is 2.40. The zero-order chi connectivity index (χ0) is 10.8. The summed E-state index contributed by atoms with van der Waals surface area (Å²) in [6.07, 6.45) is 7.20. The molecule has 1 heteroatoms. The average Bonchev–Trinajstić information content (AvgIpc) is 2.00. The van der Waals surface area contributed by atoms with E-state index in [1.54, 1.807) is 0 Å². The van der Waals surface area contributed by atoms with Crippen molar-refractivity contribution in [3.63, 3.8) is 0 Å². The molecule has 0 saturated heterocycles. The van der Waals surface area contributed by atoms with Crippen molar-refractivity contribution in [2.24, 2.45) is 23.0 Å². The zero-order valence-corrected chi connectivity index (χ0v) is 10.1. The Bertz CT molecular complexity index is 213. The molecule has 0 saturated carbocycles. The SMILES string of the molecule is CC(C)CCC1CC=C(N)CC1(C)C. The van der Waals surface area contributed by atoms with Gasteiger partial charge in [-0.15, -0.1) is 0 Å². The third-order valence-electron chi connectivity index (χ3n) is 3.52. The minimum atomic E-state index is 0.410. The summed E-state index contributed by atoms with van der Waals surface area (Å²) < 4.78 is 0. The highest BCUT2D eigenvalue weighted by atomic mass is 14.6. The standard InChI is InChI=1S/C13H25N/c1-10(2)5-6-11-7-8-12(14)9-13(11,3)4/h8,10-11H,5-7,9,14H2,1-4H3. The maximum absolute atomic E-state index is 5.89. The van der Waals surface area contributed by atoms with Gasteiger partial charge in [0, 0.05) is 5.70 Å². The highest BCUT2D eigenvalue weighted by Gasteiger charge is 2.31. The van der Waals surface area contributed by atoms with E-state index in [0.29, 0.717) is 5.41 Å². The van der Waals surface area contributed by atoms with Crippen molar-refractivity contribution in [1.29, 1.82) is 0 Å². The molecule has 2 N–H and O–H groups in total. The lowest BCUT2D eigenvalue weighted by Gasteiger charge is -2.38. The van der Waals surface area contributed by atoms with Crippen LogP contribution < -0.4 is 5.73 Å². The molecule has 0 aliphatic heterocycles. The predicted octanol–water partition coefficient (Wildman–Crippen LogP) is 3.70. The predicted molar refractivity (Wildman–Crippen MR) is 62.8 cm³/mol. The Morgan fingerprint density at radius 2 is 2.14 bits per heavy atom. The van der Waals surface area contributed by atoms with E-state index in [-0.39, 0.29) is 0 Å². The van der Waals surface area contributed by atoms with Crippen molar-refractivity contribution < 1.29 is 0 Å². The van der Waals surface area contributed by atoms with Gasteiger partial charge in [-0.1, -0.05) is 40.2 Å². The lowest BCUT2D eigenvalue weighted by atomic mass is 9.68. The maximum atomic E-state index is 5.89. The Morgan fingerprint density at radius 3 is 2.64 bits per heavy atom. The quantitative estimate of drug-likeness (QED) is 0.730. The molecule has 1 atom stereocenters. The highest BCUT2D eigenvalue weighted by molar-refractivity contribution is 5.07. The lowest BCUT2D eigenvalue weighted by Crippen LogP contribution is -2.29. The Kier molecular flexibility index (Phi) is 3.63. The van der Waals surface area contributed by atoms with E-state index in [2.05, 4.69) is 33.8 Å². The third-order valence-corrected chi connectivity index (χ3v) is 3.52. The summed E-state index contributed by atoms with van der Waals surface area (Å²) in [5.74, 6) is 1.66. The molecule has 0 radical (unpaired) electrons. The van der Waals surface area contributed by atoms with Gasteiger partial charge in [0.25, 0.3) is 0 Å². The summed E-state index contributed by atoms with van der Waals surface area (Å²) in [6.45, 7) is 9.33. The molecule has 0 bridgehead atoms. The second-order valence-electron chi connectivity index (χ2n) is 5.85. The smallest absolute Gasteiger partial charge is 0.00455 e. The summed E-state index contributed by atoms with van der Waals surface area (Å²) in [6, 6.07) is 0. The molecule has 0 amide bonds. The van der Waals surface area contributed by atoms with Gasteiger partial charge in [0.2, 0.25) is 0 Å². The number of rotatable bonds is 3. The normalized spacial score (nSPS) is 26.4. The second kappa shape index (κ2) is 4.37. The monoisotopic (exact) mass is 195 g/mol. The van der Waals surface area contributed by atoms with Crippen molar-refractivity contribution in [1.82, 2.24) is 0 Å². The molecular formula is C13H25N. The molecule has 0 heterocycles. The van der Waals surface area contributed by atoms with Crippen LogP contribution in [-0.4, -0.2) is 0 Å². The lowest BCUT2D eigenvalue weighted by molar-refractivity contribution is 0.177. The van der Waals surface area contributed by atoms with E-state index in [9.17, 15) is 0 Å². The molecule has 1 unspecified atom stereocenters. The summed E-state index contributed by atoms with van der Waals surface area (Å²) in [4.78, 5) is 0. The summed E-state index contributed by atoms with van der Waals surface area (Å²) in [7, 11) is 0. The Labute approximate surface area is 88.8 Å². The first kappa shape index (κ1) is 11.6. The molecule has 0 fully saturated rings. The molecule has 1 aliphatic rings. The van der Waals surface area contributed by atoms with Gasteiger partial charge in [0.05, 0.1) is 0 Å². The third kappa shape index (κ3) is 3.04. The molecule has 1 rings (SSSR count). The van der Waals surface area contributed by atoms with E-state index < -0.39 is 0 Å². The van der Waals surface area contributed by atoms with Gasteiger partial charge in [0.1, 0.15) is 0 Å². The van der Waals surface area contributed by atoms with E-state index in [1.165, 1.54) is 19.3 Å². The van der Waals surface area contributed by atoms with Crippen LogP contribution in [0.2, 0.25) is 0 Å². The van der Waals surface area contributed by atoms with Crippen molar-refractivity contribution in [2.75, 3.05) is 0 Å². The molecule has 0 spiro atoms. The summed E-state index contributed by atoms with van der Waals surface area (Å²) in [5.41, 5.74) is 7.39. The van der Waals surface area contributed by atoms with Crippen LogP contribution in [0.5, 0.6) is 0 Å². The van der Waals surface area contributed by atoms with Gasteiger partial charge in [-0.05, 0) is 36.5 Å². The van der Waals surface area contributed by atoms with Crippen LogP contribution in [0.15, 0.2) is 11.8 Å². The van der Waals surface area contributed by atoms with Crippen molar-refractivity contribution in [2.45, 2.75) is 53.4 Å². The van der Waals surface area contributed by atoms with Gasteiger partial charge in [-0.3, -0.25) is 0 Å².